The zero-order chi connectivity index (χ0) is 15.9. The molecule has 0 fully saturated rings. The molecule has 24 heavy (non-hydrogen) atoms. The molecule has 0 aliphatic rings. The second-order valence-electron chi connectivity index (χ2n) is 5.52. The normalized spacial score (nSPS) is 11.5. The highest BCUT2D eigenvalue weighted by Crippen LogP contribution is 2.24. The lowest BCUT2D eigenvalue weighted by molar-refractivity contribution is 0.580. The van der Waals surface area contributed by atoms with E-state index >= 15 is 0 Å². The number of rotatable bonds is 3. The second-order valence-corrected chi connectivity index (χ2v) is 5.52. The van der Waals surface area contributed by atoms with Gasteiger partial charge in [0.25, 0.3) is 0 Å². The van der Waals surface area contributed by atoms with Crippen LogP contribution >= 0.6 is 0 Å². The average Bonchev–Trinajstić information content (AvgIpc) is 3.35. The molecule has 7 heteroatoms. The molecule has 1 N–H and O–H groups in total. The summed E-state index contributed by atoms with van der Waals surface area (Å²) in [7, 11) is 0. The van der Waals surface area contributed by atoms with Crippen molar-refractivity contribution in [2.75, 3.05) is 0 Å². The van der Waals surface area contributed by atoms with Gasteiger partial charge in [0.05, 0.1) is 12.8 Å². The highest BCUT2D eigenvalue weighted by atomic mass is 16.3. The van der Waals surface area contributed by atoms with E-state index in [4.69, 9.17) is 4.42 Å². The number of fused-ring (bicyclic) bond motifs is 2. The molecule has 4 aromatic heterocycles. The number of benzene rings is 1. The SMILES string of the molecule is c1coc(-c2ncnc3c2nnn3Cc2ccc3cc[nH]c3c2)c1. The molecule has 0 saturated heterocycles. The first-order valence-electron chi connectivity index (χ1n) is 7.52. The maximum absolute atomic E-state index is 5.42. The summed E-state index contributed by atoms with van der Waals surface area (Å²) in [5, 5.41) is 9.67. The molecule has 0 radical (unpaired) electrons. The van der Waals surface area contributed by atoms with Gasteiger partial charge in [-0.2, -0.15) is 0 Å². The molecule has 0 saturated carbocycles. The Hall–Kier alpha value is -3.48. The Bertz CT molecular complexity index is 1140. The third-order valence-electron chi connectivity index (χ3n) is 4.01. The zero-order valence-corrected chi connectivity index (χ0v) is 12.5. The fourth-order valence-corrected chi connectivity index (χ4v) is 2.86. The molecule has 0 aliphatic carbocycles. The van der Waals surface area contributed by atoms with Crippen LogP contribution in [0.25, 0.3) is 33.5 Å². The number of aromatic nitrogens is 6. The van der Waals surface area contributed by atoms with E-state index in [1.807, 2.05) is 24.4 Å². The van der Waals surface area contributed by atoms with Gasteiger partial charge in [-0.15, -0.1) is 5.10 Å². The van der Waals surface area contributed by atoms with E-state index in [1.54, 1.807) is 10.9 Å². The first-order chi connectivity index (χ1) is 11.9. The van der Waals surface area contributed by atoms with Gasteiger partial charge in [0.1, 0.15) is 12.0 Å². The van der Waals surface area contributed by atoms with Crippen LogP contribution in [0.1, 0.15) is 5.56 Å². The lowest BCUT2D eigenvalue weighted by Crippen LogP contribution is -2.03. The van der Waals surface area contributed by atoms with Crippen LogP contribution in [0.15, 0.2) is 59.6 Å². The third kappa shape index (κ3) is 1.98. The van der Waals surface area contributed by atoms with Crippen LogP contribution in [0.4, 0.5) is 0 Å². The van der Waals surface area contributed by atoms with E-state index < -0.39 is 0 Å². The molecule has 0 atom stereocenters. The Kier molecular flexibility index (Phi) is 2.72. The average molecular weight is 316 g/mol. The summed E-state index contributed by atoms with van der Waals surface area (Å²) in [6.07, 6.45) is 5.05. The molecule has 0 aliphatic heterocycles. The lowest BCUT2D eigenvalue weighted by atomic mass is 10.1. The van der Waals surface area contributed by atoms with Gasteiger partial charge in [0.15, 0.2) is 16.9 Å². The molecule has 0 spiro atoms. The summed E-state index contributed by atoms with van der Waals surface area (Å²) < 4.78 is 7.19. The van der Waals surface area contributed by atoms with Crippen molar-refractivity contribution in [3.8, 4) is 11.5 Å². The molecule has 5 rings (SSSR count). The predicted molar refractivity (Wildman–Crippen MR) is 88.2 cm³/mol. The minimum Gasteiger partial charge on any atom is -0.463 e. The second kappa shape index (κ2) is 5.02. The van der Waals surface area contributed by atoms with Gasteiger partial charge in [0.2, 0.25) is 0 Å². The van der Waals surface area contributed by atoms with Gasteiger partial charge >= 0.3 is 0 Å². The van der Waals surface area contributed by atoms with Crippen LogP contribution in [0, 0.1) is 0 Å². The van der Waals surface area contributed by atoms with E-state index in [0.717, 1.165) is 11.1 Å². The number of hydrogen-bond acceptors (Lipinski definition) is 5. The molecule has 1 aromatic carbocycles. The van der Waals surface area contributed by atoms with Crippen molar-refractivity contribution in [3.05, 3.63) is 60.7 Å². The monoisotopic (exact) mass is 316 g/mol. The predicted octanol–water partition coefficient (Wildman–Crippen LogP) is 3.01. The molecular weight excluding hydrogens is 304 g/mol. The van der Waals surface area contributed by atoms with Crippen molar-refractivity contribution >= 4 is 22.1 Å². The number of aromatic amines is 1. The molecule has 4 heterocycles. The standard InChI is InChI=1S/C17H12N6O/c1-2-14(24-7-1)15-16-17(20-10-19-15)23(22-21-16)9-11-3-4-12-5-6-18-13(12)8-11/h1-8,10,18H,9H2. The maximum Gasteiger partial charge on any atom is 0.182 e. The fourth-order valence-electron chi connectivity index (χ4n) is 2.86. The van der Waals surface area contributed by atoms with Gasteiger partial charge in [0, 0.05) is 11.7 Å². The number of hydrogen-bond donors (Lipinski definition) is 1. The Morgan fingerprint density at radius 1 is 1.12 bits per heavy atom. The van der Waals surface area contributed by atoms with E-state index in [-0.39, 0.29) is 0 Å². The van der Waals surface area contributed by atoms with E-state index in [0.29, 0.717) is 29.2 Å². The molecule has 7 nitrogen and oxygen atoms in total. The van der Waals surface area contributed by atoms with Gasteiger partial charge in [-0.05, 0) is 35.2 Å². The first kappa shape index (κ1) is 13.0. The van der Waals surface area contributed by atoms with Crippen LogP contribution in [-0.2, 0) is 6.54 Å². The van der Waals surface area contributed by atoms with Crippen LogP contribution < -0.4 is 0 Å². The molecular formula is C17H12N6O. The first-order valence-corrected chi connectivity index (χ1v) is 7.52. The quantitative estimate of drug-likeness (QED) is 0.553. The van der Waals surface area contributed by atoms with Crippen LogP contribution in [-0.4, -0.2) is 29.9 Å². The summed E-state index contributed by atoms with van der Waals surface area (Å²) in [5.41, 5.74) is 4.19. The summed E-state index contributed by atoms with van der Waals surface area (Å²) >= 11 is 0. The largest absolute Gasteiger partial charge is 0.463 e. The smallest absolute Gasteiger partial charge is 0.182 e. The van der Waals surface area contributed by atoms with Gasteiger partial charge < -0.3 is 9.40 Å². The number of H-pyrrole nitrogens is 1. The van der Waals surface area contributed by atoms with Gasteiger partial charge in [-0.25, -0.2) is 14.6 Å². The highest BCUT2D eigenvalue weighted by Gasteiger charge is 2.15. The minimum absolute atomic E-state index is 0.583. The third-order valence-corrected chi connectivity index (χ3v) is 4.01. The number of nitrogens with zero attached hydrogens (tertiary/aromatic N) is 5. The van der Waals surface area contributed by atoms with E-state index in [9.17, 15) is 0 Å². The lowest BCUT2D eigenvalue weighted by Gasteiger charge is -2.03. The number of furan rings is 1. The number of nitrogens with one attached hydrogen (secondary N) is 1. The zero-order valence-electron chi connectivity index (χ0n) is 12.5. The Labute approximate surface area is 136 Å². The van der Waals surface area contributed by atoms with Crippen molar-refractivity contribution < 1.29 is 4.42 Å². The van der Waals surface area contributed by atoms with E-state index in [1.165, 1.54) is 11.7 Å². The maximum atomic E-state index is 5.42. The summed E-state index contributed by atoms with van der Waals surface area (Å²) in [4.78, 5) is 11.8. The Morgan fingerprint density at radius 2 is 2.12 bits per heavy atom. The van der Waals surface area contributed by atoms with Crippen molar-refractivity contribution in [1.29, 1.82) is 0 Å². The summed E-state index contributed by atoms with van der Waals surface area (Å²) in [6.45, 7) is 0.583. The van der Waals surface area contributed by atoms with Crippen molar-refractivity contribution in [3.63, 3.8) is 0 Å². The van der Waals surface area contributed by atoms with Gasteiger partial charge in [-0.3, -0.25) is 0 Å². The van der Waals surface area contributed by atoms with Crippen LogP contribution in [0.2, 0.25) is 0 Å². The molecule has 0 bridgehead atoms. The molecule has 0 amide bonds. The van der Waals surface area contributed by atoms with Crippen LogP contribution in [0.3, 0.4) is 0 Å². The summed E-state index contributed by atoms with van der Waals surface area (Å²) in [6, 6.07) is 12.0. The molecule has 116 valence electrons. The van der Waals surface area contributed by atoms with Crippen LogP contribution in [0.5, 0.6) is 0 Å². The highest BCUT2D eigenvalue weighted by molar-refractivity contribution is 5.84. The minimum atomic E-state index is 0.583. The van der Waals surface area contributed by atoms with Crippen molar-refractivity contribution in [2.45, 2.75) is 6.54 Å². The summed E-state index contributed by atoms with van der Waals surface area (Å²) in [5.74, 6) is 0.655. The Balaban J connectivity index is 1.59. The molecule has 0 unspecified atom stereocenters. The van der Waals surface area contributed by atoms with Gasteiger partial charge in [-0.1, -0.05) is 17.3 Å². The van der Waals surface area contributed by atoms with Crippen molar-refractivity contribution in [1.82, 2.24) is 29.9 Å². The van der Waals surface area contributed by atoms with E-state index in [2.05, 4.69) is 43.5 Å². The Morgan fingerprint density at radius 3 is 3.04 bits per heavy atom. The molecule has 5 aromatic rings. The fraction of sp³-hybridized carbons (Fsp3) is 0.0588. The topological polar surface area (TPSA) is 85.4 Å². The van der Waals surface area contributed by atoms with Crippen molar-refractivity contribution in [2.24, 2.45) is 0 Å².